The van der Waals surface area contributed by atoms with Crippen LogP contribution in [0.5, 0.6) is 0 Å². The molecule has 8 heteroatoms. The van der Waals surface area contributed by atoms with Crippen molar-refractivity contribution in [1.29, 1.82) is 0 Å². The fraction of sp³-hybridized carbons (Fsp3) is 0.304. The van der Waals surface area contributed by atoms with Crippen LogP contribution >= 0.6 is 7.94 Å². The number of aromatic nitrogens is 1. The van der Waals surface area contributed by atoms with E-state index in [0.717, 1.165) is 34.6 Å². The molecule has 2 aromatic carbocycles. The average Bonchev–Trinajstić information content (AvgIpc) is 3.25. The van der Waals surface area contributed by atoms with E-state index in [1.165, 1.54) is 0 Å². The molecule has 2 N–H and O–H groups in total. The maximum Gasteiger partial charge on any atom is 0.413 e. The van der Waals surface area contributed by atoms with Crippen LogP contribution in [0.3, 0.4) is 0 Å². The SMILES string of the molecule is O=C(CCCc1cnoc1-c1ccccc1)Nc1ccc(C[P+]2(O)OCCCO2)cc1. The second kappa shape index (κ2) is 10.2. The van der Waals surface area contributed by atoms with Crippen LogP contribution in [-0.4, -0.2) is 29.2 Å². The number of nitrogens with zero attached hydrogens (tertiary/aromatic N) is 1. The molecular formula is C23H26N2O5P+. The summed E-state index contributed by atoms with van der Waals surface area (Å²) in [6, 6.07) is 17.2. The van der Waals surface area contributed by atoms with Crippen LogP contribution in [0.25, 0.3) is 11.3 Å². The Bertz CT molecular complexity index is 985. The van der Waals surface area contributed by atoms with Gasteiger partial charge in [0.15, 0.2) is 11.9 Å². The van der Waals surface area contributed by atoms with Crippen LogP contribution in [0.15, 0.2) is 65.3 Å². The second-order valence-corrected chi connectivity index (χ2v) is 9.57. The number of hydrogen-bond donors (Lipinski definition) is 2. The first-order valence-corrected chi connectivity index (χ1v) is 12.2. The third-order valence-electron chi connectivity index (χ3n) is 5.02. The maximum absolute atomic E-state index is 12.3. The number of aryl methyl sites for hydroxylation is 1. The van der Waals surface area contributed by atoms with Crippen molar-refractivity contribution in [3.05, 3.63) is 71.9 Å². The van der Waals surface area contributed by atoms with Gasteiger partial charge in [-0.15, -0.1) is 0 Å². The van der Waals surface area contributed by atoms with Gasteiger partial charge in [-0.3, -0.25) is 4.79 Å². The van der Waals surface area contributed by atoms with Gasteiger partial charge in [0.05, 0.1) is 19.4 Å². The smallest absolute Gasteiger partial charge is 0.356 e. The predicted molar refractivity (Wildman–Crippen MR) is 119 cm³/mol. The summed E-state index contributed by atoms with van der Waals surface area (Å²) in [7, 11) is -2.79. The molecule has 2 heterocycles. The molecule has 1 aliphatic rings. The molecule has 0 unspecified atom stereocenters. The van der Waals surface area contributed by atoms with Crippen LogP contribution in [0.1, 0.15) is 30.4 Å². The molecule has 0 bridgehead atoms. The Kier molecular flexibility index (Phi) is 7.10. The number of hydrogen-bond acceptors (Lipinski definition) is 6. The molecule has 1 aliphatic heterocycles. The molecule has 0 spiro atoms. The van der Waals surface area contributed by atoms with E-state index in [4.69, 9.17) is 13.6 Å². The summed E-state index contributed by atoms with van der Waals surface area (Å²) in [5.41, 5.74) is 3.61. The molecule has 3 aromatic rings. The van der Waals surface area contributed by atoms with Crippen molar-refractivity contribution < 1.29 is 23.3 Å². The first kappa shape index (κ1) is 21.7. The molecule has 31 heavy (non-hydrogen) atoms. The third kappa shape index (κ3) is 5.99. The van der Waals surface area contributed by atoms with Gasteiger partial charge in [-0.05, 0) is 30.5 Å². The molecule has 0 radical (unpaired) electrons. The Hall–Kier alpha value is -2.57. The topological polar surface area (TPSA) is 93.8 Å². The number of nitrogens with one attached hydrogen (secondary N) is 1. The molecule has 1 saturated heterocycles. The van der Waals surface area contributed by atoms with E-state index in [1.807, 2.05) is 54.6 Å². The highest BCUT2D eigenvalue weighted by molar-refractivity contribution is 7.59. The van der Waals surface area contributed by atoms with E-state index < -0.39 is 7.94 Å². The first-order valence-electron chi connectivity index (χ1n) is 10.4. The molecule has 1 fully saturated rings. The van der Waals surface area contributed by atoms with Gasteiger partial charge in [-0.25, -0.2) is 0 Å². The number of amides is 1. The number of anilines is 1. The highest BCUT2D eigenvalue weighted by Gasteiger charge is 2.43. The summed E-state index contributed by atoms with van der Waals surface area (Å²) in [6.07, 6.45) is 4.67. The minimum atomic E-state index is -2.79. The Morgan fingerprint density at radius 1 is 1.06 bits per heavy atom. The lowest BCUT2D eigenvalue weighted by Crippen LogP contribution is -2.14. The van der Waals surface area contributed by atoms with Crippen molar-refractivity contribution in [2.24, 2.45) is 0 Å². The lowest BCUT2D eigenvalue weighted by molar-refractivity contribution is -0.116. The second-order valence-electron chi connectivity index (χ2n) is 7.46. The molecule has 4 rings (SSSR count). The van der Waals surface area contributed by atoms with Crippen LogP contribution < -0.4 is 5.32 Å². The predicted octanol–water partition coefficient (Wildman–Crippen LogP) is 4.99. The maximum atomic E-state index is 12.3. The minimum Gasteiger partial charge on any atom is -0.356 e. The number of benzene rings is 2. The Labute approximate surface area is 182 Å². The molecular weight excluding hydrogens is 415 g/mol. The third-order valence-corrected chi connectivity index (χ3v) is 6.96. The fourth-order valence-corrected chi connectivity index (χ4v) is 5.21. The minimum absolute atomic E-state index is 0.0458. The zero-order chi connectivity index (χ0) is 21.5. The summed E-state index contributed by atoms with van der Waals surface area (Å²) in [4.78, 5) is 22.7. The van der Waals surface area contributed by atoms with E-state index in [0.29, 0.717) is 38.6 Å². The Morgan fingerprint density at radius 2 is 1.81 bits per heavy atom. The van der Waals surface area contributed by atoms with Crippen molar-refractivity contribution in [2.45, 2.75) is 31.8 Å². The van der Waals surface area contributed by atoms with Crippen molar-refractivity contribution in [1.82, 2.24) is 5.16 Å². The zero-order valence-corrected chi connectivity index (χ0v) is 18.1. The molecule has 7 nitrogen and oxygen atoms in total. The number of carbonyl (C=O) groups is 1. The van der Waals surface area contributed by atoms with E-state index in [9.17, 15) is 9.69 Å². The van der Waals surface area contributed by atoms with Crippen LogP contribution in [0, 0.1) is 0 Å². The largest absolute Gasteiger partial charge is 0.413 e. The van der Waals surface area contributed by atoms with Gasteiger partial charge in [0.1, 0.15) is 0 Å². The van der Waals surface area contributed by atoms with Gasteiger partial charge in [0.2, 0.25) is 5.91 Å². The monoisotopic (exact) mass is 441 g/mol. The molecule has 0 atom stereocenters. The van der Waals surface area contributed by atoms with Crippen molar-refractivity contribution in [2.75, 3.05) is 18.5 Å². The molecule has 162 valence electrons. The summed E-state index contributed by atoms with van der Waals surface area (Å²) in [6.45, 7) is 1.06. The zero-order valence-electron chi connectivity index (χ0n) is 17.2. The standard InChI is InChI=1S/C23H25N2O5P/c26-22(9-4-8-20-16-24-30-23(20)19-6-2-1-3-7-19)25-21-12-10-18(11-13-21)17-31(27)28-14-5-15-29-31/h1-3,6-7,10-13,16,27H,4-5,8-9,14-15,17H2/p+1. The van der Waals surface area contributed by atoms with E-state index >= 15 is 0 Å². The molecule has 0 aliphatic carbocycles. The van der Waals surface area contributed by atoms with E-state index in [1.54, 1.807) is 6.20 Å². The molecule has 0 saturated carbocycles. The lowest BCUT2D eigenvalue weighted by Gasteiger charge is -2.21. The fourth-order valence-electron chi connectivity index (χ4n) is 3.45. The Morgan fingerprint density at radius 3 is 2.55 bits per heavy atom. The van der Waals surface area contributed by atoms with Gasteiger partial charge in [0, 0.05) is 29.7 Å². The van der Waals surface area contributed by atoms with Crippen molar-refractivity contribution >= 4 is 19.5 Å². The van der Waals surface area contributed by atoms with Crippen LogP contribution in [0.4, 0.5) is 5.69 Å². The summed E-state index contributed by atoms with van der Waals surface area (Å²) in [5.74, 6) is 0.711. The molecule has 1 amide bonds. The molecule has 1 aromatic heterocycles. The summed E-state index contributed by atoms with van der Waals surface area (Å²) >= 11 is 0. The van der Waals surface area contributed by atoms with Crippen LogP contribution in [-0.2, 0) is 26.4 Å². The average molecular weight is 441 g/mol. The first-order chi connectivity index (χ1) is 15.1. The number of rotatable bonds is 8. The van der Waals surface area contributed by atoms with Gasteiger partial charge in [-0.1, -0.05) is 47.6 Å². The normalized spacial score (nSPS) is 15.5. The summed E-state index contributed by atoms with van der Waals surface area (Å²) in [5, 5.41) is 6.82. The highest BCUT2D eigenvalue weighted by Crippen LogP contribution is 2.61. The van der Waals surface area contributed by atoms with Gasteiger partial charge >= 0.3 is 7.94 Å². The van der Waals surface area contributed by atoms with Gasteiger partial charge in [0.25, 0.3) is 0 Å². The van der Waals surface area contributed by atoms with Crippen molar-refractivity contribution in [3.63, 3.8) is 0 Å². The van der Waals surface area contributed by atoms with Crippen molar-refractivity contribution in [3.8, 4) is 11.3 Å². The highest BCUT2D eigenvalue weighted by atomic mass is 31.2. The van der Waals surface area contributed by atoms with Gasteiger partial charge in [-0.2, -0.15) is 13.9 Å². The Balaban J connectivity index is 1.25. The van der Waals surface area contributed by atoms with E-state index in [-0.39, 0.29) is 5.91 Å². The van der Waals surface area contributed by atoms with E-state index in [2.05, 4.69) is 10.5 Å². The lowest BCUT2D eigenvalue weighted by atomic mass is 10.0. The van der Waals surface area contributed by atoms with Crippen LogP contribution in [0.2, 0.25) is 0 Å². The quantitative estimate of drug-likeness (QED) is 0.478. The van der Waals surface area contributed by atoms with Gasteiger partial charge < -0.3 is 9.84 Å². The number of carbonyl (C=O) groups excluding carboxylic acids is 1. The summed E-state index contributed by atoms with van der Waals surface area (Å²) < 4.78 is 16.3.